The Hall–Kier alpha value is -11.6. The lowest BCUT2D eigenvalue weighted by atomic mass is 9.41. The molecule has 2 saturated heterocycles. The average Bonchev–Trinajstić information content (AvgIpc) is 1.25. The number of aliphatic hydroxyl groups excluding tert-OH is 2. The minimum atomic E-state index is -2.07. The summed E-state index contributed by atoms with van der Waals surface area (Å²) in [5.74, 6) is -6.80. The van der Waals surface area contributed by atoms with Gasteiger partial charge in [0, 0.05) is 112 Å². The SMILES string of the molecule is CC(=O)C1=CC2=CC(C(C)=O)c3c4c5c6c7c3=CCC3=C7C7OC78C6=C6c7c9c(c%10c%11c%12c%13c(c8c7%11)=C7C=C8C3=CC(C(C)=O)C3OC83C3=C7C7c8c%11c3c3c(cc%11c(C(C)=O)c%11c(O)cc%14c(c8%11)C(=C(CC=%14)C%12=CC%10O)C%137O)=C(O)CC=C3)=CCC3=C9C7(O)c8c9c(c(O)c%10c8=C(C=5C67)C(O)(C1=C%10)C24)=CC(C(C)=O)C=C39. The predicted octanol–water partition coefficient (Wildman–Crippen LogP) is 7.39. The Bertz CT molecular complexity index is 8170. The second-order valence-corrected chi connectivity index (χ2v) is 36.5. The highest BCUT2D eigenvalue weighted by Gasteiger charge is 2.79. The van der Waals surface area contributed by atoms with Crippen LogP contribution >= 0.6 is 0 Å². The number of phenolic OH excluding ortho intramolecular Hbond substituents is 2. The maximum Gasteiger partial charge on any atom is 0.161 e. The van der Waals surface area contributed by atoms with Crippen LogP contribution in [0.4, 0.5) is 0 Å². The molecule has 0 amide bonds. The van der Waals surface area contributed by atoms with E-state index >= 15 is 29.7 Å². The zero-order valence-electron chi connectivity index (χ0n) is 60.2. The number of benzene rings is 7. The number of epoxide rings is 2. The molecule has 2 aliphatic heterocycles. The summed E-state index contributed by atoms with van der Waals surface area (Å²) in [6.45, 7) is 7.79. The molecule has 14 unspecified atom stereocenters. The molecule has 112 heavy (non-hydrogen) atoms. The molecular weight excluding hydrogens is 1400 g/mol. The summed E-state index contributed by atoms with van der Waals surface area (Å²) >= 11 is 0. The molecule has 7 N–H and O–H groups in total. The quantitative estimate of drug-likeness (QED) is 0.0504. The second-order valence-electron chi connectivity index (χ2n) is 36.5. The van der Waals surface area contributed by atoms with Gasteiger partial charge in [0.05, 0.1) is 23.9 Å². The number of hydrogen-bond donors (Lipinski definition) is 7. The highest BCUT2D eigenvalue weighted by Crippen LogP contribution is 2.82. The smallest absolute Gasteiger partial charge is 0.161 e. The van der Waals surface area contributed by atoms with Gasteiger partial charge in [-0.05, 0) is 288 Å². The molecule has 0 aromatic heterocycles. The topological polar surface area (TPSA) is 252 Å². The molecular formula is C98H54O14. The number of carbonyl (C=O) groups excluding carboxylic acids is 5. The van der Waals surface area contributed by atoms with E-state index in [4.69, 9.17) is 9.47 Å². The summed E-state index contributed by atoms with van der Waals surface area (Å²) in [6.07, 6.45) is 24.4. The fraction of sp³-hybridized carbons (Fsp3) is 0.235. The molecule has 14 heteroatoms. The lowest BCUT2D eigenvalue weighted by Crippen LogP contribution is -2.64. The van der Waals surface area contributed by atoms with Crippen molar-refractivity contribution in [1.82, 2.24) is 0 Å². The first-order valence-corrected chi connectivity index (χ1v) is 39.5. The van der Waals surface area contributed by atoms with Gasteiger partial charge in [-0.3, -0.25) is 24.0 Å². The zero-order valence-corrected chi connectivity index (χ0v) is 60.2. The van der Waals surface area contributed by atoms with Crippen LogP contribution in [0.25, 0.3) is 136 Å². The minimum Gasteiger partial charge on any atom is -0.511 e. The molecule has 2 heterocycles. The molecule has 0 saturated carbocycles. The monoisotopic (exact) mass is 1450 g/mol. The summed E-state index contributed by atoms with van der Waals surface area (Å²) in [7, 11) is 0. The predicted molar refractivity (Wildman–Crippen MR) is 414 cm³/mol. The number of allylic oxidation sites excluding steroid dienone is 9. The second kappa shape index (κ2) is 15.9. The highest BCUT2D eigenvalue weighted by molar-refractivity contribution is 6.34. The Balaban J connectivity index is 0.891. The number of hydrogen-bond acceptors (Lipinski definition) is 14. The third-order valence-electron chi connectivity index (χ3n) is 32.7. The van der Waals surface area contributed by atoms with Crippen LogP contribution in [0.2, 0.25) is 0 Å². The van der Waals surface area contributed by atoms with Crippen LogP contribution in [0.3, 0.4) is 0 Å². The molecule has 23 aliphatic carbocycles. The number of Topliss-reactive ketones (excluding diaryl/α,β-unsaturated/α-hetero) is 5. The molecule has 7 aromatic rings. The van der Waals surface area contributed by atoms with Gasteiger partial charge in [-0.2, -0.15) is 0 Å². The normalized spacial score (nSPS) is 33.9. The average molecular weight is 1460 g/mol. The van der Waals surface area contributed by atoms with Crippen molar-refractivity contribution in [3.63, 3.8) is 0 Å². The van der Waals surface area contributed by atoms with E-state index in [2.05, 4.69) is 36.5 Å². The van der Waals surface area contributed by atoms with Crippen LogP contribution < -0.4 is 41.7 Å². The summed E-state index contributed by atoms with van der Waals surface area (Å²) < 4.78 is 16.3. The lowest BCUT2D eigenvalue weighted by Gasteiger charge is -2.62. The first kappa shape index (κ1) is 57.5. The number of aliphatic hydroxyl groups is 5. The van der Waals surface area contributed by atoms with Crippen LogP contribution in [-0.4, -0.2) is 88.1 Å². The molecule has 0 radical (unpaired) electrons. The van der Waals surface area contributed by atoms with Crippen LogP contribution in [0.15, 0.2) is 105 Å². The summed E-state index contributed by atoms with van der Waals surface area (Å²) in [5.41, 5.74) is 16.6. The Morgan fingerprint density at radius 3 is 2.04 bits per heavy atom. The van der Waals surface area contributed by atoms with E-state index in [9.17, 15) is 30.0 Å². The molecule has 14 nitrogen and oxygen atoms in total. The van der Waals surface area contributed by atoms with Crippen LogP contribution in [0.5, 0.6) is 11.5 Å². The molecule has 2 spiro atoms. The summed E-state index contributed by atoms with van der Waals surface area (Å²) in [5, 5.41) is 111. The van der Waals surface area contributed by atoms with Crippen molar-refractivity contribution >= 4 is 165 Å². The first-order valence-electron chi connectivity index (χ1n) is 39.5. The van der Waals surface area contributed by atoms with Crippen molar-refractivity contribution in [2.45, 2.75) is 124 Å². The number of fused-ring (bicyclic) bond motifs is 7. The van der Waals surface area contributed by atoms with E-state index in [1.54, 1.807) is 39.0 Å². The summed E-state index contributed by atoms with van der Waals surface area (Å²) in [6, 6.07) is 3.65. The van der Waals surface area contributed by atoms with Gasteiger partial charge >= 0.3 is 0 Å². The first-order chi connectivity index (χ1) is 54.0. The third kappa shape index (κ3) is 4.79. The fourth-order valence-electron chi connectivity index (χ4n) is 29.7. The van der Waals surface area contributed by atoms with Crippen LogP contribution in [0.1, 0.15) is 189 Å². The molecule has 2 fully saturated rings. The van der Waals surface area contributed by atoms with Crippen molar-refractivity contribution in [1.29, 1.82) is 0 Å². The Kier molecular flexibility index (Phi) is 8.13. The van der Waals surface area contributed by atoms with Gasteiger partial charge in [-0.25, -0.2) is 0 Å². The number of ketones is 5. The van der Waals surface area contributed by atoms with Gasteiger partial charge in [0.1, 0.15) is 69.2 Å². The molecule has 530 valence electrons. The van der Waals surface area contributed by atoms with Gasteiger partial charge in [0.15, 0.2) is 17.2 Å². The number of rotatable bonds is 5. The maximum atomic E-state index is 16.6. The van der Waals surface area contributed by atoms with E-state index in [0.29, 0.717) is 126 Å². The standard InChI is InChI=1S/C98H54O14/c1-25(99)31-15-44-36-12-14-38-59-54(106)24-45-35-10-9-30-19-53(105)69-55(29(5)103)46-21-43-33(7-6-8-52(43)104)62-61(46)75-70(69)56(30)81(35)95(109)84-64(45)71(59)77-72-63(38)82(36)96(110)83-58(44)48(16-31)91(107)49-23-50-39(26(2)100)17-32-18-40(27(3)101)57-37-13-11-34-42-20-41(28(4)102)92-97(111-92)51(42)22-47(67(85(75)95)88(62)97)66(84)89(77)98-90-76(60(37)65(34)93(98)112-98)73-74(57)80(32)94(50,108)86(68(49)83)78(73)87(96)79(72)90/h6-7,9,13-24,31,40-41,54,80,85,87,92-93,104-110H,8,10-12H2,1-5H3. The lowest BCUT2D eigenvalue weighted by molar-refractivity contribution is -0.120. The maximum absolute atomic E-state index is 16.6. The van der Waals surface area contributed by atoms with Crippen molar-refractivity contribution in [3.8, 4) is 11.5 Å². The fourth-order valence-corrected chi connectivity index (χ4v) is 29.7. The zero-order chi connectivity index (χ0) is 74.2. The molecule has 14 atom stereocenters. The molecule has 32 rings (SSSR count). The van der Waals surface area contributed by atoms with Gasteiger partial charge in [-0.15, -0.1) is 0 Å². The van der Waals surface area contributed by atoms with E-state index in [1.807, 2.05) is 36.4 Å². The Morgan fingerprint density at radius 2 is 1.25 bits per heavy atom. The van der Waals surface area contributed by atoms with Gasteiger partial charge in [0.2, 0.25) is 0 Å². The van der Waals surface area contributed by atoms with E-state index < -0.39 is 81.8 Å². The number of carbonyl (C=O) groups is 5. The number of aromatic hydroxyl groups is 2. The van der Waals surface area contributed by atoms with Crippen molar-refractivity contribution in [3.05, 3.63) is 247 Å². The van der Waals surface area contributed by atoms with Gasteiger partial charge < -0.3 is 45.2 Å². The van der Waals surface area contributed by atoms with Crippen LogP contribution in [0, 0.1) is 17.8 Å². The Morgan fingerprint density at radius 1 is 0.500 bits per heavy atom. The largest absolute Gasteiger partial charge is 0.511 e. The van der Waals surface area contributed by atoms with E-state index in [1.165, 1.54) is 13.8 Å². The van der Waals surface area contributed by atoms with E-state index in [-0.39, 0.29) is 83.0 Å². The Labute approximate surface area is 630 Å². The number of ether oxygens (including phenoxy) is 2. The highest BCUT2D eigenvalue weighted by atomic mass is 16.6. The van der Waals surface area contributed by atoms with Crippen molar-refractivity contribution in [2.75, 3.05) is 0 Å². The minimum absolute atomic E-state index is 0.0925. The third-order valence-corrected chi connectivity index (χ3v) is 32.7. The number of phenols is 2. The van der Waals surface area contributed by atoms with Gasteiger partial charge in [-0.1, -0.05) is 54.7 Å². The molecule has 7 aromatic carbocycles. The van der Waals surface area contributed by atoms with Crippen molar-refractivity contribution in [2.24, 2.45) is 17.8 Å². The van der Waals surface area contributed by atoms with Gasteiger partial charge in [0.25, 0.3) is 0 Å². The van der Waals surface area contributed by atoms with E-state index in [0.717, 1.165) is 149 Å². The molecule has 8 bridgehead atoms. The van der Waals surface area contributed by atoms with Crippen molar-refractivity contribution < 1.29 is 69.2 Å². The van der Waals surface area contributed by atoms with Crippen LogP contribution in [-0.2, 0) is 45.5 Å². The summed E-state index contributed by atoms with van der Waals surface area (Å²) in [4.78, 5) is 75.4. The molecule has 25 aliphatic rings.